The molecule has 0 aromatic carbocycles. The zero-order valence-electron chi connectivity index (χ0n) is 9.70. The van der Waals surface area contributed by atoms with Crippen molar-refractivity contribution in [1.29, 1.82) is 0 Å². The van der Waals surface area contributed by atoms with E-state index >= 15 is 0 Å². The molecule has 0 fully saturated rings. The Hall–Kier alpha value is -1.52. The van der Waals surface area contributed by atoms with Gasteiger partial charge >= 0.3 is 5.97 Å². The molecule has 0 saturated carbocycles. The molecular formula is C11H16N2O3. The average molecular weight is 224 g/mol. The van der Waals surface area contributed by atoms with Gasteiger partial charge in [0.1, 0.15) is 0 Å². The maximum absolute atomic E-state index is 12.0. The second-order valence-corrected chi connectivity index (χ2v) is 5.24. The second kappa shape index (κ2) is 3.23. The predicted molar refractivity (Wildman–Crippen MR) is 58.7 cm³/mol. The van der Waals surface area contributed by atoms with Gasteiger partial charge in [-0.15, -0.1) is 0 Å². The molecule has 0 saturated heterocycles. The summed E-state index contributed by atoms with van der Waals surface area (Å²) in [7, 11) is 0. The van der Waals surface area contributed by atoms with Crippen LogP contribution in [-0.2, 0) is 16.8 Å². The van der Waals surface area contributed by atoms with Crippen LogP contribution < -0.4 is 5.56 Å². The molecule has 1 heterocycles. The molecule has 1 aliphatic carbocycles. The molecule has 2 N–H and O–H groups in total. The number of aliphatic carboxylic acids is 1. The van der Waals surface area contributed by atoms with Crippen LogP contribution in [0, 0.1) is 0 Å². The van der Waals surface area contributed by atoms with E-state index in [2.05, 4.69) is 5.10 Å². The van der Waals surface area contributed by atoms with Crippen LogP contribution in [0.1, 0.15) is 44.4 Å². The van der Waals surface area contributed by atoms with E-state index in [1.54, 1.807) is 0 Å². The van der Waals surface area contributed by atoms with Crippen molar-refractivity contribution in [3.8, 4) is 0 Å². The van der Waals surface area contributed by atoms with Gasteiger partial charge in [0, 0.05) is 5.56 Å². The quantitative estimate of drug-likeness (QED) is 0.748. The van der Waals surface area contributed by atoms with E-state index in [4.69, 9.17) is 5.11 Å². The Balaban J connectivity index is 2.55. The summed E-state index contributed by atoms with van der Waals surface area (Å²) in [5, 5.41) is 12.0. The number of carboxylic acids is 1. The highest BCUT2D eigenvalue weighted by Gasteiger charge is 2.34. The number of nitrogens with zero attached hydrogens (tertiary/aromatic N) is 1. The van der Waals surface area contributed by atoms with Gasteiger partial charge in [-0.1, -0.05) is 0 Å². The van der Waals surface area contributed by atoms with Crippen molar-refractivity contribution in [3.05, 3.63) is 21.6 Å². The van der Waals surface area contributed by atoms with Crippen LogP contribution in [0.3, 0.4) is 0 Å². The molecule has 0 radical (unpaired) electrons. The first kappa shape index (κ1) is 11.0. The van der Waals surface area contributed by atoms with Gasteiger partial charge in [0.05, 0.1) is 17.2 Å². The summed E-state index contributed by atoms with van der Waals surface area (Å²) in [6, 6.07) is 0. The summed E-state index contributed by atoms with van der Waals surface area (Å²) in [6.45, 7) is 5.74. The summed E-state index contributed by atoms with van der Waals surface area (Å²) in [5.41, 5.74) is 0.811. The number of rotatable bonds is 1. The van der Waals surface area contributed by atoms with Gasteiger partial charge < -0.3 is 5.11 Å². The summed E-state index contributed by atoms with van der Waals surface area (Å²) in [4.78, 5) is 23.0. The van der Waals surface area contributed by atoms with E-state index in [9.17, 15) is 9.59 Å². The Kier molecular flexibility index (Phi) is 2.22. The van der Waals surface area contributed by atoms with Crippen molar-refractivity contribution in [2.24, 2.45) is 0 Å². The monoisotopic (exact) mass is 224 g/mol. The van der Waals surface area contributed by atoms with Gasteiger partial charge in [0.25, 0.3) is 5.56 Å². The van der Waals surface area contributed by atoms with Crippen LogP contribution in [0.4, 0.5) is 0 Å². The normalized spacial score (nSPS) is 19.8. The molecule has 0 bridgehead atoms. The standard InChI is InChI=1S/C11H16N2O3/c1-11(2,3)13-9(14)6-4-5-7(10(15)16)8(6)12-13/h7,12H,4-5H2,1-3H3,(H,15,16). The summed E-state index contributed by atoms with van der Waals surface area (Å²) < 4.78 is 1.52. The van der Waals surface area contributed by atoms with E-state index < -0.39 is 11.9 Å². The zero-order chi connectivity index (χ0) is 12.1. The van der Waals surface area contributed by atoms with Crippen LogP contribution >= 0.6 is 0 Å². The third kappa shape index (κ3) is 1.47. The third-order valence-corrected chi connectivity index (χ3v) is 3.02. The Morgan fingerprint density at radius 3 is 2.62 bits per heavy atom. The first-order valence-corrected chi connectivity index (χ1v) is 5.39. The van der Waals surface area contributed by atoms with Crippen molar-refractivity contribution >= 4 is 5.97 Å². The summed E-state index contributed by atoms with van der Waals surface area (Å²) >= 11 is 0. The highest BCUT2D eigenvalue weighted by Crippen LogP contribution is 2.30. The van der Waals surface area contributed by atoms with Gasteiger partial charge in [-0.2, -0.15) is 0 Å². The minimum absolute atomic E-state index is 0.0775. The Morgan fingerprint density at radius 1 is 1.50 bits per heavy atom. The number of hydrogen-bond donors (Lipinski definition) is 2. The Morgan fingerprint density at radius 2 is 2.12 bits per heavy atom. The van der Waals surface area contributed by atoms with E-state index in [-0.39, 0.29) is 11.1 Å². The largest absolute Gasteiger partial charge is 0.481 e. The number of carbonyl (C=O) groups is 1. The Labute approximate surface area is 93.1 Å². The van der Waals surface area contributed by atoms with Crippen LogP contribution in [0.25, 0.3) is 0 Å². The van der Waals surface area contributed by atoms with E-state index in [0.717, 1.165) is 0 Å². The minimum atomic E-state index is -0.860. The molecule has 0 spiro atoms. The SMILES string of the molecule is CC(C)(C)n1[nH]c2c(c1=O)CCC2C(=O)O. The maximum Gasteiger partial charge on any atom is 0.312 e. The van der Waals surface area contributed by atoms with Crippen molar-refractivity contribution in [2.45, 2.75) is 45.1 Å². The second-order valence-electron chi connectivity index (χ2n) is 5.24. The van der Waals surface area contributed by atoms with Crippen molar-refractivity contribution in [1.82, 2.24) is 9.78 Å². The molecule has 1 unspecified atom stereocenters. The molecule has 5 heteroatoms. The first-order chi connectivity index (χ1) is 7.32. The highest BCUT2D eigenvalue weighted by molar-refractivity contribution is 5.76. The van der Waals surface area contributed by atoms with Gasteiger partial charge in [0.2, 0.25) is 0 Å². The van der Waals surface area contributed by atoms with Crippen molar-refractivity contribution in [2.75, 3.05) is 0 Å². The third-order valence-electron chi connectivity index (χ3n) is 3.02. The Bertz CT molecular complexity index is 490. The first-order valence-electron chi connectivity index (χ1n) is 5.39. The van der Waals surface area contributed by atoms with Crippen molar-refractivity contribution < 1.29 is 9.90 Å². The predicted octanol–water partition coefficient (Wildman–Crippen LogP) is 1.05. The van der Waals surface area contributed by atoms with Crippen LogP contribution in [0.5, 0.6) is 0 Å². The van der Waals surface area contributed by atoms with Crippen LogP contribution in [0.15, 0.2) is 4.79 Å². The van der Waals surface area contributed by atoms with Crippen LogP contribution in [-0.4, -0.2) is 20.9 Å². The van der Waals surface area contributed by atoms with E-state index in [0.29, 0.717) is 24.1 Å². The number of H-pyrrole nitrogens is 1. The fourth-order valence-corrected chi connectivity index (χ4v) is 2.17. The lowest BCUT2D eigenvalue weighted by molar-refractivity contribution is -0.138. The van der Waals surface area contributed by atoms with E-state index in [1.807, 2.05) is 20.8 Å². The van der Waals surface area contributed by atoms with Gasteiger partial charge in [-0.3, -0.25) is 14.7 Å². The topological polar surface area (TPSA) is 75.1 Å². The van der Waals surface area contributed by atoms with E-state index in [1.165, 1.54) is 4.68 Å². The molecule has 1 atom stereocenters. The maximum atomic E-state index is 12.0. The molecule has 0 aliphatic heterocycles. The minimum Gasteiger partial charge on any atom is -0.481 e. The fourth-order valence-electron chi connectivity index (χ4n) is 2.17. The lowest BCUT2D eigenvalue weighted by Crippen LogP contribution is -2.33. The smallest absolute Gasteiger partial charge is 0.312 e. The van der Waals surface area contributed by atoms with Gasteiger partial charge in [0.15, 0.2) is 0 Å². The van der Waals surface area contributed by atoms with Crippen LogP contribution in [0.2, 0.25) is 0 Å². The highest BCUT2D eigenvalue weighted by atomic mass is 16.4. The number of carboxylic acid groups (broad SMARTS) is 1. The lowest BCUT2D eigenvalue weighted by Gasteiger charge is -2.19. The molecule has 0 amide bonds. The van der Waals surface area contributed by atoms with Gasteiger partial charge in [-0.25, -0.2) is 4.68 Å². The summed E-state index contributed by atoms with van der Waals surface area (Å²) in [5.74, 6) is -1.41. The molecule has 1 aromatic heterocycles. The molecule has 1 aliphatic rings. The number of fused-ring (bicyclic) bond motifs is 1. The summed E-state index contributed by atoms with van der Waals surface area (Å²) in [6.07, 6.45) is 1.08. The number of aromatic nitrogens is 2. The fraction of sp³-hybridized carbons (Fsp3) is 0.636. The zero-order valence-corrected chi connectivity index (χ0v) is 9.70. The van der Waals surface area contributed by atoms with Crippen molar-refractivity contribution in [3.63, 3.8) is 0 Å². The number of nitrogens with one attached hydrogen (secondary N) is 1. The average Bonchev–Trinajstić information content (AvgIpc) is 2.64. The number of hydrogen-bond acceptors (Lipinski definition) is 2. The molecule has 1 aromatic rings. The number of aromatic amines is 1. The molecule has 16 heavy (non-hydrogen) atoms. The molecule has 88 valence electrons. The molecule has 2 rings (SSSR count). The molecule has 5 nitrogen and oxygen atoms in total. The lowest BCUT2D eigenvalue weighted by atomic mass is 10.1. The molecular weight excluding hydrogens is 208 g/mol. The van der Waals surface area contributed by atoms with Gasteiger partial charge in [-0.05, 0) is 33.6 Å².